The van der Waals surface area contributed by atoms with Crippen LogP contribution >= 0.6 is 0 Å². The maximum atomic E-state index is 12.3. The molecule has 2 N–H and O–H groups in total. The molecule has 178 valence electrons. The van der Waals surface area contributed by atoms with Crippen LogP contribution in [0, 0.1) is 40.9 Å². The second-order valence-corrected chi connectivity index (χ2v) is 11.9. The minimum absolute atomic E-state index is 0.341. The quantitative estimate of drug-likeness (QED) is 0.653. The Morgan fingerprint density at radius 3 is 2.35 bits per heavy atom. The van der Waals surface area contributed by atoms with Crippen molar-refractivity contribution in [3.63, 3.8) is 0 Å². The molecule has 3 aliphatic carbocycles. The molecule has 31 heavy (non-hydrogen) atoms. The van der Waals surface area contributed by atoms with Gasteiger partial charge in [-0.3, -0.25) is 4.79 Å². The molecule has 0 amide bonds. The van der Waals surface area contributed by atoms with Gasteiger partial charge < -0.3 is 24.4 Å². The van der Waals surface area contributed by atoms with E-state index in [2.05, 4.69) is 27.7 Å². The van der Waals surface area contributed by atoms with Gasteiger partial charge in [-0.25, -0.2) is 0 Å². The zero-order chi connectivity index (χ0) is 22.9. The fourth-order valence-electron chi connectivity index (χ4n) is 7.17. The minimum Gasteiger partial charge on any atom is -0.454 e. The van der Waals surface area contributed by atoms with Crippen LogP contribution in [0.5, 0.6) is 0 Å². The number of ether oxygens (including phenoxy) is 3. The van der Waals surface area contributed by atoms with Crippen molar-refractivity contribution in [3.8, 4) is 0 Å². The van der Waals surface area contributed by atoms with Crippen molar-refractivity contribution >= 4 is 5.97 Å². The summed E-state index contributed by atoms with van der Waals surface area (Å²) in [6.07, 6.45) is -0.496. The van der Waals surface area contributed by atoms with E-state index in [1.54, 1.807) is 20.8 Å². The summed E-state index contributed by atoms with van der Waals surface area (Å²) in [6.45, 7) is 14.6. The molecular weight excluding hydrogens is 396 g/mol. The number of hydrogen-bond acceptors (Lipinski definition) is 6. The van der Waals surface area contributed by atoms with Crippen LogP contribution in [0.3, 0.4) is 0 Å². The third-order valence-corrected chi connectivity index (χ3v) is 9.24. The zero-order valence-corrected chi connectivity index (χ0v) is 20.2. The summed E-state index contributed by atoms with van der Waals surface area (Å²) in [5.41, 5.74) is 0.00213. The average Bonchev–Trinajstić information content (AvgIpc) is 3.06. The number of esters is 1. The second kappa shape index (κ2) is 7.96. The molecule has 3 saturated carbocycles. The molecule has 6 heteroatoms. The SMILES string of the molecule is CC(C)C(=O)OC1C(OC2(C)CCC3C(C4C(C)CCC42)C3(C)C)OC(C)C(O)C1O. The van der Waals surface area contributed by atoms with Gasteiger partial charge in [0, 0.05) is 0 Å². The molecule has 0 aromatic rings. The first-order valence-electron chi connectivity index (χ1n) is 12.3. The van der Waals surface area contributed by atoms with E-state index in [4.69, 9.17) is 14.2 Å². The molecule has 0 aromatic carbocycles. The molecule has 0 bridgehead atoms. The van der Waals surface area contributed by atoms with Crippen molar-refractivity contribution in [2.24, 2.45) is 40.9 Å². The van der Waals surface area contributed by atoms with Gasteiger partial charge in [-0.05, 0) is 68.1 Å². The molecule has 4 rings (SSSR count). The highest BCUT2D eigenvalue weighted by Crippen LogP contribution is 2.71. The van der Waals surface area contributed by atoms with Crippen LogP contribution in [0.2, 0.25) is 0 Å². The lowest BCUT2D eigenvalue weighted by atomic mass is 9.74. The van der Waals surface area contributed by atoms with Crippen LogP contribution < -0.4 is 0 Å². The average molecular weight is 439 g/mol. The number of rotatable bonds is 4. The van der Waals surface area contributed by atoms with E-state index in [0.29, 0.717) is 23.2 Å². The fourth-order valence-corrected chi connectivity index (χ4v) is 7.17. The summed E-state index contributed by atoms with van der Waals surface area (Å²) in [7, 11) is 0. The summed E-state index contributed by atoms with van der Waals surface area (Å²) < 4.78 is 18.3. The molecule has 0 radical (unpaired) electrons. The van der Waals surface area contributed by atoms with Crippen LogP contribution in [-0.4, -0.2) is 52.5 Å². The minimum atomic E-state index is -1.24. The zero-order valence-electron chi connectivity index (χ0n) is 20.2. The number of hydrogen-bond donors (Lipinski definition) is 2. The van der Waals surface area contributed by atoms with Gasteiger partial charge in [0.05, 0.1) is 17.6 Å². The highest BCUT2D eigenvalue weighted by atomic mass is 16.7. The summed E-state index contributed by atoms with van der Waals surface area (Å²) >= 11 is 0. The molecule has 0 aromatic heterocycles. The number of aliphatic hydroxyl groups excluding tert-OH is 2. The molecule has 1 saturated heterocycles. The first-order chi connectivity index (χ1) is 14.4. The Hall–Kier alpha value is -0.690. The topological polar surface area (TPSA) is 85.2 Å². The molecule has 11 unspecified atom stereocenters. The van der Waals surface area contributed by atoms with Crippen LogP contribution in [0.15, 0.2) is 0 Å². The van der Waals surface area contributed by atoms with E-state index in [9.17, 15) is 15.0 Å². The molecule has 6 nitrogen and oxygen atoms in total. The lowest BCUT2D eigenvalue weighted by Crippen LogP contribution is -2.61. The third-order valence-electron chi connectivity index (χ3n) is 9.24. The van der Waals surface area contributed by atoms with Gasteiger partial charge >= 0.3 is 5.97 Å². The van der Waals surface area contributed by atoms with Crippen LogP contribution in [0.4, 0.5) is 0 Å². The summed E-state index contributed by atoms with van der Waals surface area (Å²) in [5.74, 6) is 2.43. The van der Waals surface area contributed by atoms with E-state index in [1.165, 1.54) is 6.42 Å². The Labute approximate surface area is 187 Å². The maximum absolute atomic E-state index is 12.3. The van der Waals surface area contributed by atoms with Crippen molar-refractivity contribution < 1.29 is 29.2 Å². The first kappa shape index (κ1) is 23.5. The largest absolute Gasteiger partial charge is 0.454 e. The highest BCUT2D eigenvalue weighted by Gasteiger charge is 2.67. The standard InChI is InChI=1S/C25H42O6/c1-12(2)22(28)30-21-20(27)19(26)14(4)29-23(21)31-25(7)11-10-16-18(24(16,5)6)17-13(3)8-9-15(17)25/h12-21,23,26-27H,8-11H2,1-7H3. The molecule has 1 heterocycles. The number of carbonyl (C=O) groups excluding carboxylic acids is 1. The van der Waals surface area contributed by atoms with E-state index in [0.717, 1.165) is 31.1 Å². The van der Waals surface area contributed by atoms with Gasteiger partial charge in [-0.2, -0.15) is 0 Å². The lowest BCUT2D eigenvalue weighted by Gasteiger charge is -2.47. The maximum Gasteiger partial charge on any atom is 0.308 e. The lowest BCUT2D eigenvalue weighted by molar-refractivity contribution is -0.329. The van der Waals surface area contributed by atoms with Crippen molar-refractivity contribution in [2.75, 3.05) is 0 Å². The van der Waals surface area contributed by atoms with Gasteiger partial charge in [-0.15, -0.1) is 0 Å². The fraction of sp³-hybridized carbons (Fsp3) is 0.960. The van der Waals surface area contributed by atoms with E-state index >= 15 is 0 Å². The number of carbonyl (C=O) groups is 1. The van der Waals surface area contributed by atoms with Crippen LogP contribution in [-0.2, 0) is 19.0 Å². The predicted molar refractivity (Wildman–Crippen MR) is 116 cm³/mol. The van der Waals surface area contributed by atoms with E-state index in [1.807, 2.05) is 0 Å². The van der Waals surface area contributed by atoms with E-state index in [-0.39, 0.29) is 5.92 Å². The molecular formula is C25H42O6. The Balaban J connectivity index is 1.58. The van der Waals surface area contributed by atoms with Gasteiger partial charge in [-0.1, -0.05) is 41.0 Å². The second-order valence-electron chi connectivity index (χ2n) is 11.9. The number of fused-ring (bicyclic) bond motifs is 3. The molecule has 0 spiro atoms. The Morgan fingerprint density at radius 1 is 1.03 bits per heavy atom. The van der Waals surface area contributed by atoms with Gasteiger partial charge in [0.15, 0.2) is 12.4 Å². The summed E-state index contributed by atoms with van der Waals surface area (Å²) in [6, 6.07) is 0. The van der Waals surface area contributed by atoms with Crippen LogP contribution in [0.1, 0.15) is 74.1 Å². The molecule has 11 atom stereocenters. The normalized spacial score (nSPS) is 51.0. The predicted octanol–water partition coefficient (Wildman–Crippen LogP) is 3.52. The Kier molecular flexibility index (Phi) is 6.03. The summed E-state index contributed by atoms with van der Waals surface area (Å²) in [4.78, 5) is 12.3. The smallest absolute Gasteiger partial charge is 0.308 e. The van der Waals surface area contributed by atoms with Crippen LogP contribution in [0.25, 0.3) is 0 Å². The van der Waals surface area contributed by atoms with Crippen molar-refractivity contribution in [2.45, 2.75) is 110 Å². The Bertz CT molecular complexity index is 691. The molecule has 4 fully saturated rings. The van der Waals surface area contributed by atoms with Gasteiger partial charge in [0.2, 0.25) is 0 Å². The number of aliphatic hydroxyl groups is 2. The molecule has 1 aliphatic heterocycles. The van der Waals surface area contributed by atoms with Gasteiger partial charge in [0.1, 0.15) is 12.2 Å². The third kappa shape index (κ3) is 3.85. The monoisotopic (exact) mass is 438 g/mol. The van der Waals surface area contributed by atoms with E-state index < -0.39 is 42.3 Å². The Morgan fingerprint density at radius 2 is 1.71 bits per heavy atom. The van der Waals surface area contributed by atoms with Crippen molar-refractivity contribution in [1.82, 2.24) is 0 Å². The van der Waals surface area contributed by atoms with Crippen molar-refractivity contribution in [1.29, 1.82) is 0 Å². The van der Waals surface area contributed by atoms with Crippen molar-refractivity contribution in [3.05, 3.63) is 0 Å². The van der Waals surface area contributed by atoms with Gasteiger partial charge in [0.25, 0.3) is 0 Å². The summed E-state index contributed by atoms with van der Waals surface area (Å²) in [5, 5.41) is 21.1. The first-order valence-corrected chi connectivity index (χ1v) is 12.3. The molecule has 4 aliphatic rings. The highest BCUT2D eigenvalue weighted by molar-refractivity contribution is 5.71.